The van der Waals surface area contributed by atoms with E-state index < -0.39 is 0 Å². The summed E-state index contributed by atoms with van der Waals surface area (Å²) in [5.74, 6) is 0. The molecule has 4 nitrogen and oxygen atoms in total. The van der Waals surface area contributed by atoms with Crippen LogP contribution in [0.5, 0.6) is 0 Å². The maximum Gasteiger partial charge on any atom is 0.150 e. The third kappa shape index (κ3) is 3.46. The molecule has 0 aliphatic heterocycles. The Morgan fingerprint density at radius 3 is 1.00 bits per heavy atom. The Balaban J connectivity index is 1.83. The molecule has 0 radical (unpaired) electrons. The fourth-order valence-corrected chi connectivity index (χ4v) is 5.53. The Kier molecular flexibility index (Phi) is 5.70. The number of carbonyl (C=O) groups excluding carboxylic acids is 4. The van der Waals surface area contributed by atoms with Gasteiger partial charge in [0, 0.05) is 44.5 Å². The summed E-state index contributed by atoms with van der Waals surface area (Å²) in [6.45, 7) is 0. The number of hydrogen-bond donors (Lipinski definition) is 0. The molecule has 180 valence electrons. The summed E-state index contributed by atoms with van der Waals surface area (Å²) in [4.78, 5) is 49.1. The SMILES string of the molecule is O=Cc1ccc2ccccc2c1-c1c(C=O)ccc2c(-c3c(C=O)ccc4ccccc34)c(C=O)ccc12. The van der Waals surface area contributed by atoms with Crippen LogP contribution in [0.3, 0.4) is 0 Å². The van der Waals surface area contributed by atoms with Crippen LogP contribution in [0.2, 0.25) is 0 Å². The molecule has 4 heteroatoms. The van der Waals surface area contributed by atoms with Gasteiger partial charge >= 0.3 is 0 Å². The topological polar surface area (TPSA) is 68.3 Å². The Hall–Kier alpha value is -5.22. The smallest absolute Gasteiger partial charge is 0.150 e. The molecule has 0 amide bonds. The van der Waals surface area contributed by atoms with E-state index in [0.717, 1.165) is 46.7 Å². The summed E-state index contributed by atoms with van der Waals surface area (Å²) < 4.78 is 0. The number of hydrogen-bond acceptors (Lipinski definition) is 4. The molecule has 0 atom stereocenters. The summed E-state index contributed by atoms with van der Waals surface area (Å²) in [6.07, 6.45) is 3.16. The summed E-state index contributed by atoms with van der Waals surface area (Å²) in [5.41, 5.74) is 4.31. The van der Waals surface area contributed by atoms with Crippen molar-refractivity contribution in [2.75, 3.05) is 0 Å². The summed E-state index contributed by atoms with van der Waals surface area (Å²) >= 11 is 0. The highest BCUT2D eigenvalue weighted by Gasteiger charge is 2.21. The zero-order valence-electron chi connectivity index (χ0n) is 20.2. The second-order valence-corrected chi connectivity index (χ2v) is 9.13. The first-order valence-electron chi connectivity index (χ1n) is 12.1. The van der Waals surface area contributed by atoms with Crippen LogP contribution in [0.4, 0.5) is 0 Å². The maximum atomic E-state index is 12.3. The monoisotopic (exact) mass is 492 g/mol. The molecule has 0 bridgehead atoms. The van der Waals surface area contributed by atoms with Gasteiger partial charge in [-0.3, -0.25) is 19.2 Å². The van der Waals surface area contributed by atoms with Gasteiger partial charge in [-0.15, -0.1) is 0 Å². The van der Waals surface area contributed by atoms with Gasteiger partial charge in [-0.2, -0.15) is 0 Å². The van der Waals surface area contributed by atoms with Crippen LogP contribution >= 0.6 is 0 Å². The van der Waals surface area contributed by atoms with Gasteiger partial charge in [0.2, 0.25) is 0 Å². The molecule has 6 rings (SSSR count). The van der Waals surface area contributed by atoms with E-state index in [1.54, 1.807) is 24.3 Å². The van der Waals surface area contributed by atoms with E-state index in [9.17, 15) is 19.2 Å². The molecule has 0 N–H and O–H groups in total. The van der Waals surface area contributed by atoms with Crippen LogP contribution in [-0.4, -0.2) is 25.1 Å². The first kappa shape index (κ1) is 23.2. The normalized spacial score (nSPS) is 11.1. The first-order chi connectivity index (χ1) is 18.7. The van der Waals surface area contributed by atoms with E-state index >= 15 is 0 Å². The lowest BCUT2D eigenvalue weighted by molar-refractivity contribution is 0.111. The van der Waals surface area contributed by atoms with Crippen molar-refractivity contribution in [2.45, 2.75) is 0 Å². The van der Waals surface area contributed by atoms with Crippen molar-refractivity contribution in [2.24, 2.45) is 0 Å². The average molecular weight is 493 g/mol. The number of aldehydes is 4. The minimum absolute atomic E-state index is 0.426. The third-order valence-corrected chi connectivity index (χ3v) is 7.20. The zero-order chi connectivity index (χ0) is 26.2. The molecule has 0 spiro atoms. The van der Waals surface area contributed by atoms with Gasteiger partial charge in [0.25, 0.3) is 0 Å². The third-order valence-electron chi connectivity index (χ3n) is 7.20. The molecule has 38 heavy (non-hydrogen) atoms. The van der Waals surface area contributed by atoms with Crippen molar-refractivity contribution in [3.8, 4) is 22.3 Å². The van der Waals surface area contributed by atoms with Gasteiger partial charge in [-0.1, -0.05) is 97.1 Å². The number of benzene rings is 6. The fourth-order valence-electron chi connectivity index (χ4n) is 5.53. The maximum absolute atomic E-state index is 12.3. The predicted octanol–water partition coefficient (Wildman–Crippen LogP) is 7.73. The van der Waals surface area contributed by atoms with E-state index in [2.05, 4.69) is 0 Å². The Labute approximate surface area is 218 Å². The largest absolute Gasteiger partial charge is 0.298 e. The van der Waals surface area contributed by atoms with Crippen molar-refractivity contribution in [1.82, 2.24) is 0 Å². The van der Waals surface area contributed by atoms with Crippen molar-refractivity contribution >= 4 is 57.5 Å². The minimum Gasteiger partial charge on any atom is -0.298 e. The van der Waals surface area contributed by atoms with E-state index in [1.165, 1.54) is 0 Å². The van der Waals surface area contributed by atoms with Crippen molar-refractivity contribution in [3.05, 3.63) is 119 Å². The lowest BCUT2D eigenvalue weighted by Gasteiger charge is -2.19. The molecule has 0 saturated carbocycles. The van der Waals surface area contributed by atoms with Crippen molar-refractivity contribution in [1.29, 1.82) is 0 Å². The number of fused-ring (bicyclic) bond motifs is 3. The molecule has 0 heterocycles. The molecule has 6 aromatic carbocycles. The zero-order valence-corrected chi connectivity index (χ0v) is 20.2. The summed E-state index contributed by atoms with van der Waals surface area (Å²) in [6, 6.07) is 29.8. The van der Waals surface area contributed by atoms with E-state index in [0.29, 0.717) is 55.3 Å². The minimum atomic E-state index is 0.426. The molecule has 0 fully saturated rings. The summed E-state index contributed by atoms with van der Waals surface area (Å²) in [5, 5.41) is 4.96. The second kappa shape index (κ2) is 9.34. The van der Waals surface area contributed by atoms with Crippen LogP contribution in [0.15, 0.2) is 97.1 Å². The summed E-state index contributed by atoms with van der Waals surface area (Å²) in [7, 11) is 0. The van der Waals surface area contributed by atoms with Crippen molar-refractivity contribution < 1.29 is 19.2 Å². The molecule has 0 aliphatic carbocycles. The molecule has 0 unspecified atom stereocenters. The highest BCUT2D eigenvalue weighted by Crippen LogP contribution is 2.43. The van der Waals surface area contributed by atoms with Gasteiger partial charge in [0.05, 0.1) is 0 Å². The molecule has 0 saturated heterocycles. The molecule has 6 aromatic rings. The van der Waals surface area contributed by atoms with Crippen LogP contribution in [0.1, 0.15) is 41.4 Å². The predicted molar refractivity (Wildman–Crippen MR) is 151 cm³/mol. The molecular formula is C34H20O4. The van der Waals surface area contributed by atoms with Gasteiger partial charge in [0.1, 0.15) is 0 Å². The highest BCUT2D eigenvalue weighted by atomic mass is 16.1. The van der Waals surface area contributed by atoms with Crippen LogP contribution in [-0.2, 0) is 0 Å². The van der Waals surface area contributed by atoms with Crippen LogP contribution in [0, 0.1) is 0 Å². The van der Waals surface area contributed by atoms with E-state index in [4.69, 9.17) is 0 Å². The Morgan fingerprint density at radius 1 is 0.316 bits per heavy atom. The lowest BCUT2D eigenvalue weighted by Crippen LogP contribution is -1.99. The quantitative estimate of drug-likeness (QED) is 0.223. The standard InChI is InChI=1S/C34H20O4/c35-17-23-11-9-21-5-1-3-7-27(21)31(23)33-25(19-37)13-16-30-29(33)15-14-26(20-38)34(30)32-24(18-36)12-10-22-6-2-4-8-28(22)32/h1-20H. The van der Waals surface area contributed by atoms with E-state index in [1.807, 2.05) is 72.8 Å². The van der Waals surface area contributed by atoms with Gasteiger partial charge in [-0.05, 0) is 32.3 Å². The van der Waals surface area contributed by atoms with Crippen LogP contribution < -0.4 is 0 Å². The van der Waals surface area contributed by atoms with Gasteiger partial charge in [-0.25, -0.2) is 0 Å². The van der Waals surface area contributed by atoms with Crippen molar-refractivity contribution in [3.63, 3.8) is 0 Å². The Bertz CT molecular complexity index is 1810. The van der Waals surface area contributed by atoms with Gasteiger partial charge < -0.3 is 0 Å². The number of carbonyl (C=O) groups is 4. The van der Waals surface area contributed by atoms with E-state index in [-0.39, 0.29) is 0 Å². The molecule has 0 aliphatic rings. The molecular weight excluding hydrogens is 472 g/mol. The second-order valence-electron chi connectivity index (χ2n) is 9.13. The highest BCUT2D eigenvalue weighted by molar-refractivity contribution is 6.20. The Morgan fingerprint density at radius 2 is 0.632 bits per heavy atom. The fraction of sp³-hybridized carbons (Fsp3) is 0. The molecule has 0 aromatic heterocycles. The van der Waals surface area contributed by atoms with Gasteiger partial charge in [0.15, 0.2) is 25.1 Å². The van der Waals surface area contributed by atoms with Crippen LogP contribution in [0.25, 0.3) is 54.6 Å². The first-order valence-corrected chi connectivity index (χ1v) is 12.1. The lowest BCUT2D eigenvalue weighted by atomic mass is 9.83. The number of rotatable bonds is 6. The average Bonchev–Trinajstić information content (AvgIpc) is 2.98.